The second-order valence-electron chi connectivity index (χ2n) is 10.2. The van der Waals surface area contributed by atoms with Crippen LogP contribution in [0.15, 0.2) is 95.4 Å². The Morgan fingerprint density at radius 2 is 1.44 bits per heavy atom. The van der Waals surface area contributed by atoms with Crippen LogP contribution in [0.25, 0.3) is 22.7 Å². The quantitative estimate of drug-likeness (QED) is 0.235. The molecule has 0 radical (unpaired) electrons. The van der Waals surface area contributed by atoms with Gasteiger partial charge in [-0.05, 0) is 37.0 Å². The first kappa shape index (κ1) is 27.5. The van der Waals surface area contributed by atoms with Crippen LogP contribution in [0.2, 0.25) is 0 Å². The summed E-state index contributed by atoms with van der Waals surface area (Å²) in [5, 5.41) is 2.90. The molecule has 0 spiro atoms. The van der Waals surface area contributed by atoms with E-state index < -0.39 is 17.4 Å². The predicted octanol–water partition coefficient (Wildman–Crippen LogP) is 5.60. The molecule has 7 heteroatoms. The van der Waals surface area contributed by atoms with E-state index in [1.165, 1.54) is 0 Å². The number of amides is 2. The second-order valence-corrected chi connectivity index (χ2v) is 10.2. The number of primary amides is 1. The minimum atomic E-state index is -0.853. The Bertz CT molecular complexity index is 1410. The van der Waals surface area contributed by atoms with Crippen molar-refractivity contribution in [3.05, 3.63) is 102 Å². The molecule has 200 valence electrons. The summed E-state index contributed by atoms with van der Waals surface area (Å²) in [6, 6.07) is 27.7. The highest BCUT2D eigenvalue weighted by Crippen LogP contribution is 2.30. The summed E-state index contributed by atoms with van der Waals surface area (Å²) >= 11 is 0. The van der Waals surface area contributed by atoms with Gasteiger partial charge in [0, 0.05) is 23.0 Å². The molecule has 1 aromatic heterocycles. The van der Waals surface area contributed by atoms with Crippen molar-refractivity contribution >= 4 is 17.6 Å². The molecule has 0 bridgehead atoms. The van der Waals surface area contributed by atoms with E-state index in [9.17, 15) is 14.4 Å². The molecule has 39 heavy (non-hydrogen) atoms. The number of benzene rings is 3. The molecule has 1 heterocycles. The normalized spacial score (nSPS) is 12.1. The van der Waals surface area contributed by atoms with Crippen LogP contribution in [-0.4, -0.2) is 28.6 Å². The zero-order valence-corrected chi connectivity index (χ0v) is 22.2. The van der Waals surface area contributed by atoms with E-state index in [0.717, 1.165) is 16.7 Å². The molecule has 4 aromatic rings. The fourth-order valence-corrected chi connectivity index (χ4v) is 4.18. The molecular formula is C32H33N3O4. The lowest BCUT2D eigenvalue weighted by Gasteiger charge is -2.21. The predicted molar refractivity (Wildman–Crippen MR) is 151 cm³/mol. The van der Waals surface area contributed by atoms with E-state index in [-0.39, 0.29) is 30.3 Å². The Hall–Kier alpha value is -4.52. The number of oxazole rings is 1. The van der Waals surface area contributed by atoms with Gasteiger partial charge in [-0.2, -0.15) is 0 Å². The van der Waals surface area contributed by atoms with Crippen LogP contribution < -0.4 is 11.1 Å². The maximum absolute atomic E-state index is 14.0. The van der Waals surface area contributed by atoms with E-state index in [0.29, 0.717) is 24.4 Å². The van der Waals surface area contributed by atoms with Crippen LogP contribution in [0.5, 0.6) is 0 Å². The number of Topliss-reactive ketones (excluding diaryl/α,β-unsaturated/α-hetero) is 1. The molecule has 0 saturated heterocycles. The van der Waals surface area contributed by atoms with Gasteiger partial charge < -0.3 is 15.5 Å². The number of nitrogens with zero attached hydrogens (tertiary/aromatic N) is 1. The molecule has 0 aliphatic heterocycles. The summed E-state index contributed by atoms with van der Waals surface area (Å²) in [6.07, 6.45) is 1.26. The van der Waals surface area contributed by atoms with E-state index in [2.05, 4.69) is 10.3 Å². The zero-order valence-electron chi connectivity index (χ0n) is 22.2. The van der Waals surface area contributed by atoms with Gasteiger partial charge in [-0.3, -0.25) is 14.4 Å². The molecule has 0 saturated carbocycles. The van der Waals surface area contributed by atoms with Gasteiger partial charge in [-0.15, -0.1) is 0 Å². The van der Waals surface area contributed by atoms with Crippen LogP contribution in [0.1, 0.15) is 49.2 Å². The number of ketones is 1. The fourth-order valence-electron chi connectivity index (χ4n) is 4.18. The number of carbonyl (C=O) groups is 3. The maximum Gasteiger partial charge on any atom is 0.227 e. The number of hydrogen-bond donors (Lipinski definition) is 2. The third-order valence-electron chi connectivity index (χ3n) is 6.78. The van der Waals surface area contributed by atoms with Crippen molar-refractivity contribution in [2.45, 2.75) is 45.6 Å². The smallest absolute Gasteiger partial charge is 0.227 e. The molecule has 1 atom stereocenters. The average molecular weight is 524 g/mol. The number of rotatable bonds is 12. The molecule has 0 fully saturated rings. The summed E-state index contributed by atoms with van der Waals surface area (Å²) in [6.45, 7) is 3.40. The van der Waals surface area contributed by atoms with Crippen LogP contribution >= 0.6 is 0 Å². The zero-order chi connectivity index (χ0) is 27.8. The Balaban J connectivity index is 1.65. The molecule has 3 aromatic carbocycles. The van der Waals surface area contributed by atoms with Crippen LogP contribution in [0.3, 0.4) is 0 Å². The third-order valence-corrected chi connectivity index (χ3v) is 6.78. The third kappa shape index (κ3) is 7.08. The first-order valence-corrected chi connectivity index (χ1v) is 13.0. The lowest BCUT2D eigenvalue weighted by molar-refractivity contribution is -0.127. The van der Waals surface area contributed by atoms with Gasteiger partial charge in [0.1, 0.15) is 5.69 Å². The molecular weight excluding hydrogens is 490 g/mol. The number of carbonyl (C=O) groups excluding carboxylic acids is 3. The SMILES string of the molecule is CC(C)(CCC(=O)N[C@@H](CCc1ccccc1)C(=O)c1oc(-c2ccccc2)nc1-c1ccccc1)C(N)=O. The summed E-state index contributed by atoms with van der Waals surface area (Å²) in [4.78, 5) is 43.4. The molecule has 4 rings (SSSR count). The van der Waals surface area contributed by atoms with Gasteiger partial charge in [0.2, 0.25) is 29.2 Å². The molecule has 0 aliphatic carbocycles. The van der Waals surface area contributed by atoms with Gasteiger partial charge in [0.25, 0.3) is 0 Å². The topological polar surface area (TPSA) is 115 Å². The Morgan fingerprint density at radius 3 is 2.03 bits per heavy atom. The molecule has 7 nitrogen and oxygen atoms in total. The first-order valence-electron chi connectivity index (χ1n) is 13.0. The van der Waals surface area contributed by atoms with Crippen LogP contribution in [-0.2, 0) is 16.0 Å². The van der Waals surface area contributed by atoms with Crippen molar-refractivity contribution in [2.75, 3.05) is 0 Å². The summed E-state index contributed by atoms with van der Waals surface area (Å²) in [5.74, 6) is -0.749. The van der Waals surface area contributed by atoms with Crippen molar-refractivity contribution in [3.8, 4) is 22.7 Å². The van der Waals surface area contributed by atoms with Gasteiger partial charge in [0.15, 0.2) is 0 Å². The van der Waals surface area contributed by atoms with E-state index >= 15 is 0 Å². The number of nitrogens with one attached hydrogen (secondary N) is 1. The fraction of sp³-hybridized carbons (Fsp3) is 0.250. The Kier molecular flexibility index (Phi) is 8.71. The number of aryl methyl sites for hydroxylation is 1. The van der Waals surface area contributed by atoms with Crippen molar-refractivity contribution in [1.29, 1.82) is 0 Å². The number of nitrogens with two attached hydrogens (primary N) is 1. The molecule has 3 N–H and O–H groups in total. The van der Waals surface area contributed by atoms with Crippen molar-refractivity contribution in [3.63, 3.8) is 0 Å². The average Bonchev–Trinajstić information content (AvgIpc) is 3.41. The molecule has 0 aliphatic rings. The van der Waals surface area contributed by atoms with E-state index in [1.54, 1.807) is 13.8 Å². The number of hydrogen-bond acceptors (Lipinski definition) is 5. The van der Waals surface area contributed by atoms with Gasteiger partial charge in [-0.1, -0.05) is 92.7 Å². The lowest BCUT2D eigenvalue weighted by atomic mass is 9.87. The van der Waals surface area contributed by atoms with Gasteiger partial charge in [-0.25, -0.2) is 4.98 Å². The Labute approximate surface area is 228 Å². The minimum Gasteiger partial charge on any atom is -0.432 e. The largest absolute Gasteiger partial charge is 0.432 e. The van der Waals surface area contributed by atoms with E-state index in [4.69, 9.17) is 10.2 Å². The highest BCUT2D eigenvalue weighted by molar-refractivity contribution is 6.04. The number of aromatic nitrogens is 1. The summed E-state index contributed by atoms with van der Waals surface area (Å²) < 4.78 is 6.10. The highest BCUT2D eigenvalue weighted by Gasteiger charge is 2.31. The monoisotopic (exact) mass is 523 g/mol. The maximum atomic E-state index is 14.0. The van der Waals surface area contributed by atoms with Crippen molar-refractivity contribution in [2.24, 2.45) is 11.1 Å². The second kappa shape index (κ2) is 12.3. The highest BCUT2D eigenvalue weighted by atomic mass is 16.4. The van der Waals surface area contributed by atoms with E-state index in [1.807, 2.05) is 91.0 Å². The van der Waals surface area contributed by atoms with Gasteiger partial charge in [0.05, 0.1) is 6.04 Å². The lowest BCUT2D eigenvalue weighted by Crippen LogP contribution is -2.42. The Morgan fingerprint density at radius 1 is 0.872 bits per heavy atom. The first-order chi connectivity index (χ1) is 18.7. The van der Waals surface area contributed by atoms with Crippen LogP contribution in [0, 0.1) is 5.41 Å². The minimum absolute atomic E-state index is 0.0578. The van der Waals surface area contributed by atoms with Crippen LogP contribution in [0.4, 0.5) is 0 Å². The summed E-state index contributed by atoms with van der Waals surface area (Å²) in [5.41, 5.74) is 7.59. The summed E-state index contributed by atoms with van der Waals surface area (Å²) in [7, 11) is 0. The van der Waals surface area contributed by atoms with Gasteiger partial charge >= 0.3 is 0 Å². The molecule has 0 unspecified atom stereocenters. The molecule has 2 amide bonds. The standard InChI is InChI=1S/C32H33N3O4/c1-32(2,31(33)38)21-20-26(36)34-25(19-18-22-12-6-3-7-13-22)28(37)29-27(23-14-8-4-9-15-23)35-30(39-29)24-16-10-5-11-17-24/h3-17,25H,18-21H2,1-2H3,(H2,33,38)(H,34,36)/t25-/m0/s1. The van der Waals surface area contributed by atoms with Crippen molar-refractivity contribution in [1.82, 2.24) is 10.3 Å². The van der Waals surface area contributed by atoms with Crippen molar-refractivity contribution < 1.29 is 18.8 Å².